The van der Waals surface area contributed by atoms with E-state index in [4.69, 9.17) is 18.6 Å². The van der Waals surface area contributed by atoms with E-state index in [9.17, 15) is 9.59 Å². The molecule has 3 aromatic carbocycles. The average Bonchev–Trinajstić information content (AvgIpc) is 3.22. The highest BCUT2D eigenvalue weighted by molar-refractivity contribution is 6.17. The van der Waals surface area contributed by atoms with Crippen molar-refractivity contribution in [1.82, 2.24) is 0 Å². The lowest BCUT2D eigenvalue weighted by Crippen LogP contribution is -2.15. The molecule has 1 heterocycles. The predicted octanol–water partition coefficient (Wildman–Crippen LogP) is 5.16. The molecule has 0 unspecified atom stereocenters. The van der Waals surface area contributed by atoms with Gasteiger partial charge in [-0.25, -0.2) is 4.79 Å². The Morgan fingerprint density at radius 1 is 0.844 bits per heavy atom. The van der Waals surface area contributed by atoms with Crippen molar-refractivity contribution >= 4 is 28.5 Å². The van der Waals surface area contributed by atoms with E-state index < -0.39 is 11.9 Å². The minimum absolute atomic E-state index is 0.250. The molecular formula is C25H21NO6. The Labute approximate surface area is 184 Å². The van der Waals surface area contributed by atoms with Crippen LogP contribution in [0.1, 0.15) is 20.7 Å². The number of amides is 1. The molecule has 0 aliphatic heterocycles. The van der Waals surface area contributed by atoms with E-state index in [0.717, 1.165) is 0 Å². The number of methoxy groups -OCH3 is 3. The molecule has 1 amide bonds. The van der Waals surface area contributed by atoms with Crippen LogP contribution < -0.4 is 14.8 Å². The first-order valence-corrected chi connectivity index (χ1v) is 9.79. The number of furan rings is 1. The number of nitrogens with one attached hydrogen (secondary N) is 1. The Hall–Kier alpha value is -4.26. The molecule has 0 saturated carbocycles. The molecule has 7 heteroatoms. The zero-order valence-electron chi connectivity index (χ0n) is 17.8. The maximum absolute atomic E-state index is 13.5. The quantitative estimate of drug-likeness (QED) is 0.425. The number of anilines is 1. The van der Waals surface area contributed by atoms with Gasteiger partial charge in [0.2, 0.25) is 0 Å². The zero-order chi connectivity index (χ0) is 22.7. The molecule has 1 N–H and O–H groups in total. The first kappa shape index (κ1) is 21.0. The van der Waals surface area contributed by atoms with Crippen LogP contribution in [-0.2, 0) is 4.74 Å². The molecule has 32 heavy (non-hydrogen) atoms. The van der Waals surface area contributed by atoms with Crippen LogP contribution >= 0.6 is 0 Å². The van der Waals surface area contributed by atoms with Crippen molar-refractivity contribution in [3.05, 3.63) is 77.9 Å². The van der Waals surface area contributed by atoms with E-state index in [1.165, 1.54) is 7.11 Å². The largest absolute Gasteiger partial charge is 0.497 e. The fourth-order valence-corrected chi connectivity index (χ4v) is 3.44. The van der Waals surface area contributed by atoms with Crippen molar-refractivity contribution in [3.8, 4) is 22.8 Å². The normalized spacial score (nSPS) is 10.6. The number of esters is 1. The smallest absolute Gasteiger partial charge is 0.339 e. The van der Waals surface area contributed by atoms with Crippen molar-refractivity contribution in [2.45, 2.75) is 0 Å². The molecule has 4 aromatic rings. The van der Waals surface area contributed by atoms with Gasteiger partial charge in [-0.3, -0.25) is 4.79 Å². The summed E-state index contributed by atoms with van der Waals surface area (Å²) in [5.74, 6) is 0.686. The number of para-hydroxylation sites is 1. The van der Waals surface area contributed by atoms with Crippen molar-refractivity contribution in [1.29, 1.82) is 0 Å². The molecule has 0 fully saturated rings. The number of rotatable bonds is 6. The minimum Gasteiger partial charge on any atom is -0.497 e. The molecule has 0 aliphatic rings. The molecule has 0 spiro atoms. The van der Waals surface area contributed by atoms with E-state index in [2.05, 4.69) is 5.32 Å². The van der Waals surface area contributed by atoms with Gasteiger partial charge in [0.1, 0.15) is 22.8 Å². The van der Waals surface area contributed by atoms with Crippen molar-refractivity contribution < 1.29 is 28.2 Å². The third kappa shape index (κ3) is 3.88. The number of hydrogen-bond donors (Lipinski definition) is 1. The van der Waals surface area contributed by atoms with E-state index in [1.54, 1.807) is 68.8 Å². The summed E-state index contributed by atoms with van der Waals surface area (Å²) in [5.41, 5.74) is 2.14. The Kier molecular flexibility index (Phi) is 5.81. The van der Waals surface area contributed by atoms with Crippen LogP contribution in [0, 0.1) is 0 Å². The summed E-state index contributed by atoms with van der Waals surface area (Å²) in [4.78, 5) is 25.6. The highest BCUT2D eigenvalue weighted by Gasteiger charge is 2.24. The fraction of sp³-hybridized carbons (Fsp3) is 0.120. The predicted molar refractivity (Wildman–Crippen MR) is 120 cm³/mol. The highest BCUT2D eigenvalue weighted by Crippen LogP contribution is 2.36. The summed E-state index contributed by atoms with van der Waals surface area (Å²) in [7, 11) is 4.43. The maximum atomic E-state index is 13.5. The number of carbonyl (C=O) groups excluding carboxylic acids is 2. The van der Waals surface area contributed by atoms with Crippen molar-refractivity contribution in [2.75, 3.05) is 26.6 Å². The molecule has 0 bridgehead atoms. The molecule has 0 aliphatic carbocycles. The highest BCUT2D eigenvalue weighted by atomic mass is 16.5. The van der Waals surface area contributed by atoms with E-state index in [0.29, 0.717) is 45.0 Å². The summed E-state index contributed by atoms with van der Waals surface area (Å²) in [6.07, 6.45) is 0. The SMILES string of the molecule is COC(=O)c1ccccc1NC(=O)c1c(-c2ccc(OC)cc2)oc2ccc(OC)cc12. The van der Waals surface area contributed by atoms with E-state index in [1.807, 2.05) is 12.1 Å². The fourth-order valence-electron chi connectivity index (χ4n) is 3.44. The number of carbonyl (C=O) groups is 2. The topological polar surface area (TPSA) is 87.0 Å². The van der Waals surface area contributed by atoms with Gasteiger partial charge in [0, 0.05) is 10.9 Å². The number of hydrogen-bond acceptors (Lipinski definition) is 6. The van der Waals surface area contributed by atoms with Crippen LogP contribution in [0.3, 0.4) is 0 Å². The van der Waals surface area contributed by atoms with Gasteiger partial charge < -0.3 is 23.9 Å². The first-order chi connectivity index (χ1) is 15.5. The molecule has 7 nitrogen and oxygen atoms in total. The monoisotopic (exact) mass is 431 g/mol. The first-order valence-electron chi connectivity index (χ1n) is 9.79. The van der Waals surface area contributed by atoms with Gasteiger partial charge in [0.15, 0.2) is 0 Å². The van der Waals surface area contributed by atoms with Crippen molar-refractivity contribution in [2.24, 2.45) is 0 Å². The summed E-state index contributed by atoms with van der Waals surface area (Å²) < 4.78 is 21.5. The number of fused-ring (bicyclic) bond motifs is 1. The van der Waals surface area contributed by atoms with Crippen LogP contribution in [0.25, 0.3) is 22.3 Å². The van der Waals surface area contributed by atoms with Crippen LogP contribution in [0.15, 0.2) is 71.1 Å². The van der Waals surface area contributed by atoms with Gasteiger partial charge in [-0.15, -0.1) is 0 Å². The van der Waals surface area contributed by atoms with Gasteiger partial charge in [-0.2, -0.15) is 0 Å². The molecule has 0 radical (unpaired) electrons. The van der Waals surface area contributed by atoms with Crippen LogP contribution in [0.2, 0.25) is 0 Å². The van der Waals surface area contributed by atoms with Gasteiger partial charge in [-0.1, -0.05) is 12.1 Å². The zero-order valence-corrected chi connectivity index (χ0v) is 17.8. The standard InChI is InChI=1S/C25H21NO6/c1-29-16-10-8-15(9-11-16)23-22(19-14-17(30-2)12-13-21(19)32-23)24(27)26-20-7-5-4-6-18(20)25(28)31-3/h4-14H,1-3H3,(H,26,27). The summed E-state index contributed by atoms with van der Waals surface area (Å²) in [6.45, 7) is 0. The lowest BCUT2D eigenvalue weighted by Gasteiger charge is -2.10. The second-order valence-corrected chi connectivity index (χ2v) is 6.89. The number of benzene rings is 3. The second kappa shape index (κ2) is 8.85. The van der Waals surface area contributed by atoms with Crippen LogP contribution in [-0.4, -0.2) is 33.2 Å². The third-order valence-corrected chi connectivity index (χ3v) is 5.05. The molecule has 1 aromatic heterocycles. The van der Waals surface area contributed by atoms with Crippen molar-refractivity contribution in [3.63, 3.8) is 0 Å². The lowest BCUT2D eigenvalue weighted by atomic mass is 10.0. The maximum Gasteiger partial charge on any atom is 0.339 e. The van der Waals surface area contributed by atoms with Gasteiger partial charge >= 0.3 is 5.97 Å². The Morgan fingerprint density at radius 3 is 2.22 bits per heavy atom. The third-order valence-electron chi connectivity index (χ3n) is 5.05. The van der Waals surface area contributed by atoms with E-state index >= 15 is 0 Å². The van der Waals surface area contributed by atoms with Crippen LogP contribution in [0.5, 0.6) is 11.5 Å². The van der Waals surface area contributed by atoms with Gasteiger partial charge in [0.25, 0.3) is 5.91 Å². The average molecular weight is 431 g/mol. The Bertz CT molecular complexity index is 1290. The van der Waals surface area contributed by atoms with Gasteiger partial charge in [0.05, 0.1) is 38.1 Å². The summed E-state index contributed by atoms with van der Waals surface area (Å²) in [6, 6.07) is 19.1. The van der Waals surface area contributed by atoms with E-state index in [-0.39, 0.29) is 5.56 Å². The van der Waals surface area contributed by atoms with Gasteiger partial charge in [-0.05, 0) is 54.6 Å². The molecule has 4 rings (SSSR count). The molecular weight excluding hydrogens is 410 g/mol. The summed E-state index contributed by atoms with van der Waals surface area (Å²) in [5, 5.41) is 3.41. The van der Waals surface area contributed by atoms with Crippen LogP contribution in [0.4, 0.5) is 5.69 Å². The minimum atomic E-state index is -0.546. The second-order valence-electron chi connectivity index (χ2n) is 6.89. The molecule has 0 atom stereocenters. The lowest BCUT2D eigenvalue weighted by molar-refractivity contribution is 0.0602. The molecule has 162 valence electrons. The Morgan fingerprint density at radius 2 is 1.53 bits per heavy atom. The molecule has 0 saturated heterocycles. The summed E-state index contributed by atoms with van der Waals surface area (Å²) >= 11 is 0. The Balaban J connectivity index is 1.84. The number of ether oxygens (including phenoxy) is 3.